The first kappa shape index (κ1) is 15.0. The fourth-order valence-electron chi connectivity index (χ4n) is 2.73. The third-order valence-corrected chi connectivity index (χ3v) is 4.07. The highest BCUT2D eigenvalue weighted by molar-refractivity contribution is 5.70. The molecule has 0 saturated heterocycles. The number of aliphatic carboxylic acids is 1. The Kier molecular flexibility index (Phi) is 4.77. The molecule has 112 valence electrons. The summed E-state index contributed by atoms with van der Waals surface area (Å²) >= 11 is 0. The lowest BCUT2D eigenvalue weighted by Gasteiger charge is -2.34. The summed E-state index contributed by atoms with van der Waals surface area (Å²) in [5.74, 6) is -1.03. The molecule has 1 saturated carbocycles. The van der Waals surface area contributed by atoms with Gasteiger partial charge in [0.2, 0.25) is 0 Å². The second-order valence-corrected chi connectivity index (χ2v) is 5.79. The number of hydrogen-bond acceptors (Lipinski definition) is 4. The zero-order valence-corrected chi connectivity index (χ0v) is 11.9. The van der Waals surface area contributed by atoms with Crippen molar-refractivity contribution in [2.45, 2.75) is 37.7 Å². The Labute approximate surface area is 118 Å². The van der Waals surface area contributed by atoms with Crippen LogP contribution in [0.1, 0.15) is 31.2 Å². The molecule has 0 aliphatic heterocycles. The van der Waals surface area contributed by atoms with Crippen LogP contribution in [-0.4, -0.2) is 44.7 Å². The van der Waals surface area contributed by atoms with Gasteiger partial charge in [0.1, 0.15) is 0 Å². The standard InChI is InChI=1S/C14H23N3O3/c1-17-9-11(8-16-17)4-7-15-10-14(20)5-2-12(3-6-14)13(18)19/h8-9,12,15,20H,2-7,10H2,1H3,(H,18,19). The van der Waals surface area contributed by atoms with Crippen LogP contribution in [0.3, 0.4) is 0 Å². The summed E-state index contributed by atoms with van der Waals surface area (Å²) in [6.07, 6.45) is 6.95. The van der Waals surface area contributed by atoms with Gasteiger partial charge in [-0.15, -0.1) is 0 Å². The molecule has 1 fully saturated rings. The van der Waals surface area contributed by atoms with Gasteiger partial charge in [-0.25, -0.2) is 0 Å². The Morgan fingerprint density at radius 3 is 2.80 bits per heavy atom. The molecule has 1 aromatic rings. The Hall–Kier alpha value is -1.40. The van der Waals surface area contributed by atoms with Crippen molar-refractivity contribution in [1.82, 2.24) is 15.1 Å². The Balaban J connectivity index is 1.67. The molecule has 0 atom stereocenters. The van der Waals surface area contributed by atoms with E-state index in [-0.39, 0.29) is 5.92 Å². The molecule has 1 aliphatic rings. The van der Waals surface area contributed by atoms with Crippen LogP contribution in [0, 0.1) is 5.92 Å². The highest BCUT2D eigenvalue weighted by Crippen LogP contribution is 2.31. The van der Waals surface area contributed by atoms with E-state index in [1.54, 1.807) is 4.68 Å². The predicted molar refractivity (Wildman–Crippen MR) is 74.3 cm³/mol. The van der Waals surface area contributed by atoms with E-state index in [1.165, 1.54) is 5.56 Å². The number of rotatable bonds is 6. The minimum atomic E-state index is -0.749. The highest BCUT2D eigenvalue weighted by atomic mass is 16.4. The van der Waals surface area contributed by atoms with E-state index in [9.17, 15) is 9.90 Å². The third-order valence-electron chi connectivity index (χ3n) is 4.07. The average molecular weight is 281 g/mol. The number of nitrogens with one attached hydrogen (secondary N) is 1. The van der Waals surface area contributed by atoms with Gasteiger partial charge in [-0.1, -0.05) is 0 Å². The van der Waals surface area contributed by atoms with E-state index < -0.39 is 11.6 Å². The van der Waals surface area contributed by atoms with Crippen molar-refractivity contribution in [1.29, 1.82) is 0 Å². The summed E-state index contributed by atoms with van der Waals surface area (Å²) in [4.78, 5) is 10.9. The summed E-state index contributed by atoms with van der Waals surface area (Å²) in [5, 5.41) is 26.7. The Morgan fingerprint density at radius 1 is 1.55 bits per heavy atom. The van der Waals surface area contributed by atoms with E-state index in [4.69, 9.17) is 5.11 Å². The Bertz CT molecular complexity index is 450. The predicted octanol–water partition coefficient (Wildman–Crippen LogP) is 0.558. The summed E-state index contributed by atoms with van der Waals surface area (Å²) in [5.41, 5.74) is 0.419. The van der Waals surface area contributed by atoms with Crippen LogP contribution in [0.25, 0.3) is 0 Å². The minimum absolute atomic E-state index is 0.286. The number of hydrogen-bond donors (Lipinski definition) is 3. The maximum Gasteiger partial charge on any atom is 0.306 e. The molecule has 0 spiro atoms. The lowest BCUT2D eigenvalue weighted by Crippen LogP contribution is -2.44. The van der Waals surface area contributed by atoms with Gasteiger partial charge in [0.25, 0.3) is 0 Å². The van der Waals surface area contributed by atoms with Crippen LogP contribution >= 0.6 is 0 Å². The summed E-state index contributed by atoms with van der Waals surface area (Å²) in [6, 6.07) is 0. The number of nitrogens with zero attached hydrogens (tertiary/aromatic N) is 2. The number of carboxylic acids is 1. The minimum Gasteiger partial charge on any atom is -0.481 e. The molecule has 20 heavy (non-hydrogen) atoms. The zero-order chi connectivity index (χ0) is 14.6. The first-order valence-corrected chi connectivity index (χ1v) is 7.12. The highest BCUT2D eigenvalue weighted by Gasteiger charge is 2.35. The van der Waals surface area contributed by atoms with Crippen molar-refractivity contribution in [3.63, 3.8) is 0 Å². The smallest absolute Gasteiger partial charge is 0.306 e. The molecule has 0 bridgehead atoms. The normalized spacial score (nSPS) is 26.6. The maximum absolute atomic E-state index is 10.9. The number of aliphatic hydroxyl groups is 1. The van der Waals surface area contributed by atoms with Crippen LogP contribution in [0.15, 0.2) is 12.4 Å². The van der Waals surface area contributed by atoms with E-state index >= 15 is 0 Å². The SMILES string of the molecule is Cn1cc(CCNCC2(O)CCC(C(=O)O)CC2)cn1. The number of carboxylic acid groups (broad SMARTS) is 1. The van der Waals surface area contributed by atoms with Crippen molar-refractivity contribution in [2.24, 2.45) is 13.0 Å². The largest absolute Gasteiger partial charge is 0.481 e. The lowest BCUT2D eigenvalue weighted by molar-refractivity contribution is -0.144. The molecule has 6 nitrogen and oxygen atoms in total. The quantitative estimate of drug-likeness (QED) is 0.663. The maximum atomic E-state index is 10.9. The average Bonchev–Trinajstić information content (AvgIpc) is 2.81. The fourth-order valence-corrected chi connectivity index (χ4v) is 2.73. The van der Waals surface area contributed by atoms with Gasteiger partial charge in [0.15, 0.2) is 0 Å². The van der Waals surface area contributed by atoms with Gasteiger partial charge in [0.05, 0.1) is 17.7 Å². The van der Waals surface area contributed by atoms with Crippen LogP contribution in [-0.2, 0) is 18.3 Å². The monoisotopic (exact) mass is 281 g/mol. The first-order chi connectivity index (χ1) is 9.48. The molecule has 6 heteroatoms. The number of aryl methyl sites for hydroxylation is 1. The van der Waals surface area contributed by atoms with Gasteiger partial charge in [-0.3, -0.25) is 9.48 Å². The van der Waals surface area contributed by atoms with Gasteiger partial charge < -0.3 is 15.5 Å². The summed E-state index contributed by atoms with van der Waals surface area (Å²) in [6.45, 7) is 1.32. The molecule has 0 amide bonds. The second kappa shape index (κ2) is 6.37. The first-order valence-electron chi connectivity index (χ1n) is 7.12. The van der Waals surface area contributed by atoms with Crippen molar-refractivity contribution in [3.8, 4) is 0 Å². The van der Waals surface area contributed by atoms with Gasteiger partial charge in [-0.2, -0.15) is 5.10 Å². The molecule has 1 aromatic heterocycles. The van der Waals surface area contributed by atoms with Crippen LogP contribution < -0.4 is 5.32 Å². The molecular weight excluding hydrogens is 258 g/mol. The molecule has 0 unspecified atom stereocenters. The third kappa shape index (κ3) is 4.05. The Morgan fingerprint density at radius 2 is 2.25 bits per heavy atom. The summed E-state index contributed by atoms with van der Waals surface area (Å²) < 4.78 is 1.77. The number of aromatic nitrogens is 2. The molecule has 1 aliphatic carbocycles. The van der Waals surface area contributed by atoms with Crippen LogP contribution in [0.5, 0.6) is 0 Å². The topological polar surface area (TPSA) is 87.4 Å². The molecule has 0 aromatic carbocycles. The van der Waals surface area contributed by atoms with Gasteiger partial charge in [0, 0.05) is 19.8 Å². The number of carbonyl (C=O) groups is 1. The molecule has 0 radical (unpaired) electrons. The second-order valence-electron chi connectivity index (χ2n) is 5.79. The van der Waals surface area contributed by atoms with Crippen LogP contribution in [0.4, 0.5) is 0 Å². The lowest BCUT2D eigenvalue weighted by atomic mass is 9.79. The van der Waals surface area contributed by atoms with Crippen molar-refractivity contribution >= 4 is 5.97 Å². The fraction of sp³-hybridized carbons (Fsp3) is 0.714. The molecular formula is C14H23N3O3. The van der Waals surface area contributed by atoms with Crippen molar-refractivity contribution in [2.75, 3.05) is 13.1 Å². The van der Waals surface area contributed by atoms with Gasteiger partial charge >= 0.3 is 5.97 Å². The van der Waals surface area contributed by atoms with E-state index in [0.717, 1.165) is 13.0 Å². The zero-order valence-electron chi connectivity index (χ0n) is 11.9. The molecule has 1 heterocycles. The van der Waals surface area contributed by atoms with Crippen LogP contribution in [0.2, 0.25) is 0 Å². The van der Waals surface area contributed by atoms with Crippen molar-refractivity contribution < 1.29 is 15.0 Å². The molecule has 2 rings (SSSR count). The van der Waals surface area contributed by atoms with Crippen molar-refractivity contribution in [3.05, 3.63) is 18.0 Å². The van der Waals surface area contributed by atoms with Gasteiger partial charge in [-0.05, 0) is 44.2 Å². The van der Waals surface area contributed by atoms with E-state index in [2.05, 4.69) is 10.4 Å². The molecule has 3 N–H and O–H groups in total. The van der Waals surface area contributed by atoms with E-state index in [1.807, 2.05) is 19.4 Å². The van der Waals surface area contributed by atoms with E-state index in [0.29, 0.717) is 32.2 Å². The summed E-state index contributed by atoms with van der Waals surface area (Å²) in [7, 11) is 1.89.